The Morgan fingerprint density at radius 2 is 2.56 bits per heavy atom. The Bertz CT molecular complexity index is 435. The molecule has 1 aliphatic heterocycles. The lowest BCUT2D eigenvalue weighted by molar-refractivity contribution is -0.130. The Kier molecular flexibility index (Phi) is 3.99. The second-order valence-electron chi connectivity index (χ2n) is 4.90. The van der Waals surface area contributed by atoms with Crippen LogP contribution in [0.2, 0.25) is 0 Å². The number of ether oxygens (including phenoxy) is 1. The van der Waals surface area contributed by atoms with Crippen molar-refractivity contribution in [2.24, 2.45) is 11.1 Å². The van der Waals surface area contributed by atoms with Crippen molar-refractivity contribution >= 4 is 17.2 Å². The number of nitrogens with one attached hydrogen (secondary N) is 1. The summed E-state index contributed by atoms with van der Waals surface area (Å²) in [5.41, 5.74) is 6.33. The second kappa shape index (κ2) is 5.34. The molecule has 100 valence electrons. The molecule has 0 saturated carbocycles. The number of thiazole rings is 1. The van der Waals surface area contributed by atoms with Crippen molar-refractivity contribution < 1.29 is 9.53 Å². The molecular formula is C12H19N3O2S. The number of nitrogens with zero attached hydrogens (tertiary/aromatic N) is 1. The van der Waals surface area contributed by atoms with E-state index < -0.39 is 5.41 Å². The van der Waals surface area contributed by atoms with E-state index in [-0.39, 0.29) is 11.9 Å². The number of amides is 1. The Balaban J connectivity index is 1.81. The minimum atomic E-state index is -0.599. The van der Waals surface area contributed by atoms with Gasteiger partial charge in [-0.05, 0) is 13.8 Å². The molecule has 2 heterocycles. The van der Waals surface area contributed by atoms with E-state index in [4.69, 9.17) is 10.5 Å². The summed E-state index contributed by atoms with van der Waals surface area (Å²) < 4.78 is 5.26. The standard InChI is InChI=1S/C12H19N3O2S/c1-8-15-9(6-18-8)3-4-14-11(16)12(2)7-17-5-10(12)13/h6,10H,3-5,7,13H2,1-2H3,(H,14,16). The van der Waals surface area contributed by atoms with Crippen molar-refractivity contribution in [3.63, 3.8) is 0 Å². The molecule has 1 aromatic rings. The van der Waals surface area contributed by atoms with Gasteiger partial charge >= 0.3 is 0 Å². The van der Waals surface area contributed by atoms with E-state index in [1.807, 2.05) is 19.2 Å². The maximum Gasteiger partial charge on any atom is 0.229 e. The number of hydrogen-bond acceptors (Lipinski definition) is 5. The van der Waals surface area contributed by atoms with E-state index in [0.29, 0.717) is 19.8 Å². The first kappa shape index (κ1) is 13.5. The summed E-state index contributed by atoms with van der Waals surface area (Å²) in [7, 11) is 0. The molecule has 0 aromatic carbocycles. The van der Waals surface area contributed by atoms with Crippen LogP contribution in [0, 0.1) is 12.3 Å². The number of carbonyl (C=O) groups is 1. The zero-order chi connectivity index (χ0) is 13.2. The zero-order valence-corrected chi connectivity index (χ0v) is 11.5. The van der Waals surface area contributed by atoms with Gasteiger partial charge in [-0.15, -0.1) is 11.3 Å². The highest BCUT2D eigenvalue weighted by atomic mass is 32.1. The van der Waals surface area contributed by atoms with E-state index in [0.717, 1.165) is 17.1 Å². The van der Waals surface area contributed by atoms with Crippen LogP contribution in [0.4, 0.5) is 0 Å². The van der Waals surface area contributed by atoms with Gasteiger partial charge in [-0.2, -0.15) is 0 Å². The molecule has 3 N–H and O–H groups in total. The normalized spacial score (nSPS) is 27.4. The molecule has 1 amide bonds. The first-order chi connectivity index (χ1) is 8.52. The molecule has 1 aromatic heterocycles. The summed E-state index contributed by atoms with van der Waals surface area (Å²) in [5, 5.41) is 5.99. The minimum absolute atomic E-state index is 0.0283. The lowest BCUT2D eigenvalue weighted by Gasteiger charge is -2.25. The topological polar surface area (TPSA) is 77.2 Å². The lowest BCUT2D eigenvalue weighted by Crippen LogP contribution is -2.50. The van der Waals surface area contributed by atoms with Gasteiger partial charge < -0.3 is 15.8 Å². The summed E-state index contributed by atoms with van der Waals surface area (Å²) in [6, 6.07) is -0.223. The Morgan fingerprint density at radius 1 is 1.78 bits per heavy atom. The van der Waals surface area contributed by atoms with Crippen LogP contribution >= 0.6 is 11.3 Å². The third-order valence-electron chi connectivity index (χ3n) is 3.37. The molecular weight excluding hydrogens is 250 g/mol. The molecule has 1 aliphatic rings. The predicted octanol–water partition coefficient (Wildman–Crippen LogP) is 0.474. The average molecular weight is 269 g/mol. The molecule has 1 fully saturated rings. The van der Waals surface area contributed by atoms with Gasteiger partial charge in [-0.1, -0.05) is 0 Å². The molecule has 0 aliphatic carbocycles. The van der Waals surface area contributed by atoms with Crippen LogP contribution in [-0.4, -0.2) is 36.7 Å². The van der Waals surface area contributed by atoms with Crippen molar-refractivity contribution in [3.05, 3.63) is 16.1 Å². The molecule has 0 radical (unpaired) electrons. The molecule has 2 unspecified atom stereocenters. The van der Waals surface area contributed by atoms with E-state index in [1.165, 1.54) is 0 Å². The summed E-state index contributed by atoms with van der Waals surface area (Å²) in [5.74, 6) is -0.0283. The summed E-state index contributed by atoms with van der Waals surface area (Å²) in [4.78, 5) is 16.4. The summed E-state index contributed by atoms with van der Waals surface area (Å²) in [6.07, 6.45) is 0.752. The molecule has 2 rings (SSSR count). The van der Waals surface area contributed by atoms with Gasteiger partial charge in [-0.25, -0.2) is 4.98 Å². The molecule has 6 heteroatoms. The van der Waals surface area contributed by atoms with E-state index in [9.17, 15) is 4.79 Å². The Hall–Kier alpha value is -0.980. The number of carbonyl (C=O) groups excluding carboxylic acids is 1. The SMILES string of the molecule is Cc1nc(CCNC(=O)C2(C)COCC2N)cs1. The van der Waals surface area contributed by atoms with Crippen molar-refractivity contribution in [1.82, 2.24) is 10.3 Å². The molecule has 5 nitrogen and oxygen atoms in total. The molecule has 0 bridgehead atoms. The Labute approximate surface area is 111 Å². The van der Waals surface area contributed by atoms with Crippen molar-refractivity contribution in [2.75, 3.05) is 19.8 Å². The Morgan fingerprint density at radius 3 is 3.11 bits per heavy atom. The van der Waals surface area contributed by atoms with Crippen LogP contribution < -0.4 is 11.1 Å². The monoisotopic (exact) mass is 269 g/mol. The number of hydrogen-bond donors (Lipinski definition) is 2. The van der Waals surface area contributed by atoms with Crippen molar-refractivity contribution in [3.8, 4) is 0 Å². The maximum absolute atomic E-state index is 12.1. The van der Waals surface area contributed by atoms with Crippen LogP contribution in [0.1, 0.15) is 17.6 Å². The van der Waals surface area contributed by atoms with Gasteiger partial charge in [0.25, 0.3) is 0 Å². The van der Waals surface area contributed by atoms with Gasteiger partial charge in [0.1, 0.15) is 0 Å². The van der Waals surface area contributed by atoms with Crippen LogP contribution in [0.5, 0.6) is 0 Å². The number of rotatable bonds is 4. The third-order valence-corrected chi connectivity index (χ3v) is 4.19. The molecule has 2 atom stereocenters. The van der Waals surface area contributed by atoms with E-state index in [1.54, 1.807) is 11.3 Å². The van der Waals surface area contributed by atoms with Gasteiger partial charge in [0, 0.05) is 24.4 Å². The summed E-state index contributed by atoms with van der Waals surface area (Å²) >= 11 is 1.62. The largest absolute Gasteiger partial charge is 0.379 e. The van der Waals surface area contributed by atoms with Gasteiger partial charge in [0.2, 0.25) is 5.91 Å². The fourth-order valence-electron chi connectivity index (χ4n) is 1.95. The highest BCUT2D eigenvalue weighted by Crippen LogP contribution is 2.26. The fraction of sp³-hybridized carbons (Fsp3) is 0.667. The van der Waals surface area contributed by atoms with E-state index >= 15 is 0 Å². The number of nitrogens with two attached hydrogens (primary N) is 1. The van der Waals surface area contributed by atoms with Crippen molar-refractivity contribution in [2.45, 2.75) is 26.3 Å². The first-order valence-corrected chi connectivity index (χ1v) is 6.93. The van der Waals surface area contributed by atoms with Gasteiger partial charge in [0.05, 0.1) is 29.3 Å². The minimum Gasteiger partial charge on any atom is -0.379 e. The highest BCUT2D eigenvalue weighted by Gasteiger charge is 2.44. The first-order valence-electron chi connectivity index (χ1n) is 6.05. The predicted molar refractivity (Wildman–Crippen MR) is 70.5 cm³/mol. The van der Waals surface area contributed by atoms with Crippen LogP contribution in [0.15, 0.2) is 5.38 Å². The van der Waals surface area contributed by atoms with Crippen LogP contribution in [0.3, 0.4) is 0 Å². The maximum atomic E-state index is 12.1. The third kappa shape index (κ3) is 2.71. The smallest absolute Gasteiger partial charge is 0.229 e. The lowest BCUT2D eigenvalue weighted by atomic mass is 9.85. The number of aromatic nitrogens is 1. The molecule has 1 saturated heterocycles. The van der Waals surface area contributed by atoms with Gasteiger partial charge in [-0.3, -0.25) is 4.79 Å². The molecule has 18 heavy (non-hydrogen) atoms. The summed E-state index contributed by atoms with van der Waals surface area (Å²) in [6.45, 7) is 5.27. The average Bonchev–Trinajstić information content (AvgIpc) is 2.88. The van der Waals surface area contributed by atoms with E-state index in [2.05, 4.69) is 10.3 Å². The quantitative estimate of drug-likeness (QED) is 0.833. The van der Waals surface area contributed by atoms with Gasteiger partial charge in [0.15, 0.2) is 0 Å². The van der Waals surface area contributed by atoms with Crippen LogP contribution in [0.25, 0.3) is 0 Å². The number of aryl methyl sites for hydroxylation is 1. The van der Waals surface area contributed by atoms with Crippen molar-refractivity contribution in [1.29, 1.82) is 0 Å². The molecule has 0 spiro atoms. The zero-order valence-electron chi connectivity index (χ0n) is 10.7. The fourth-order valence-corrected chi connectivity index (χ4v) is 2.60. The van der Waals surface area contributed by atoms with Crippen LogP contribution in [-0.2, 0) is 16.0 Å². The highest BCUT2D eigenvalue weighted by molar-refractivity contribution is 7.09. The second-order valence-corrected chi connectivity index (χ2v) is 5.97.